The summed E-state index contributed by atoms with van der Waals surface area (Å²) in [4.78, 5) is 9.35. The molecule has 0 amide bonds. The van der Waals surface area contributed by atoms with Crippen LogP contribution in [0.5, 0.6) is 11.8 Å². The van der Waals surface area contributed by atoms with Crippen molar-refractivity contribution in [2.24, 2.45) is 0 Å². The molecule has 1 aliphatic rings. The van der Waals surface area contributed by atoms with Gasteiger partial charge in [-0.15, -0.1) is 0 Å². The van der Waals surface area contributed by atoms with Gasteiger partial charge in [-0.2, -0.15) is 0 Å². The van der Waals surface area contributed by atoms with Crippen molar-refractivity contribution in [2.75, 3.05) is 24.5 Å². The lowest BCUT2D eigenvalue weighted by molar-refractivity contribution is 0.315. The minimum atomic E-state index is 0.517. The fraction of sp³-hybridized carbons (Fsp3) is 0.235. The fourth-order valence-electron chi connectivity index (χ4n) is 2.32. The second kappa shape index (κ2) is 8.77. The van der Waals surface area contributed by atoms with E-state index in [1.54, 1.807) is 24.5 Å². The molecule has 26 heavy (non-hydrogen) atoms. The Balaban J connectivity index is 1.83. The number of nitrogens with zero attached hydrogens (tertiary/aromatic N) is 2. The van der Waals surface area contributed by atoms with Gasteiger partial charge in [0.05, 0.1) is 34.0 Å². The lowest BCUT2D eigenvalue weighted by Gasteiger charge is -2.12. The third-order valence-electron chi connectivity index (χ3n) is 3.39. The molecular weight excluding hydrogens is 374 g/mol. The molecule has 3 N–H and O–H groups in total. The van der Waals surface area contributed by atoms with Crippen LogP contribution < -0.4 is 19.5 Å². The monoisotopic (exact) mass is 391 g/mol. The number of anilines is 1. The third kappa shape index (κ3) is 4.39. The summed E-state index contributed by atoms with van der Waals surface area (Å²) in [7, 11) is 0. The van der Waals surface area contributed by atoms with Crippen LogP contribution in [0.3, 0.4) is 0 Å². The van der Waals surface area contributed by atoms with Crippen molar-refractivity contribution in [3.05, 3.63) is 41.2 Å². The van der Waals surface area contributed by atoms with Crippen molar-refractivity contribution < 1.29 is 9.47 Å². The minimum Gasteiger partial charge on any atom is -0.477 e. The quantitative estimate of drug-likeness (QED) is 0.511. The summed E-state index contributed by atoms with van der Waals surface area (Å²) in [6, 6.07) is 3.71. The number of fused-ring (bicyclic) bond motifs is 1. The zero-order chi connectivity index (χ0) is 18.4. The Morgan fingerprint density at radius 2 is 2.31 bits per heavy atom. The number of aromatic nitrogens is 2. The van der Waals surface area contributed by atoms with Gasteiger partial charge in [-0.3, -0.25) is 0 Å². The first-order valence-corrected chi connectivity index (χ1v) is 9.19. The molecule has 3 rings (SSSR count). The van der Waals surface area contributed by atoms with Gasteiger partial charge < -0.3 is 24.9 Å². The van der Waals surface area contributed by atoms with Crippen molar-refractivity contribution in [1.29, 1.82) is 5.41 Å². The molecule has 0 fully saturated rings. The van der Waals surface area contributed by atoms with Crippen LogP contribution in [0.25, 0.3) is 5.70 Å². The average molecular weight is 392 g/mol. The molecule has 0 radical (unpaired) electrons. The Morgan fingerprint density at radius 3 is 3.12 bits per heavy atom. The number of nitrogens with one attached hydrogen (secondary N) is 3. The number of halogens is 1. The smallest absolute Gasteiger partial charge is 0.229 e. The molecule has 9 heteroatoms. The van der Waals surface area contributed by atoms with Crippen LogP contribution in [0.4, 0.5) is 5.69 Å². The molecule has 2 aromatic heterocycles. The third-order valence-corrected chi connectivity index (χ3v) is 4.45. The molecule has 0 saturated heterocycles. The predicted molar refractivity (Wildman–Crippen MR) is 104 cm³/mol. The van der Waals surface area contributed by atoms with E-state index >= 15 is 0 Å². The SMILES string of the molecule is CCOc1ncc(Cl)cc1SNc1cnc2c(c1)/C(=C/C=N)NCCO2. The largest absolute Gasteiger partial charge is 0.477 e. The van der Waals surface area contributed by atoms with Gasteiger partial charge in [-0.25, -0.2) is 9.97 Å². The number of rotatable bonds is 6. The van der Waals surface area contributed by atoms with Gasteiger partial charge in [0.15, 0.2) is 0 Å². The highest BCUT2D eigenvalue weighted by molar-refractivity contribution is 8.00. The molecule has 3 heterocycles. The maximum Gasteiger partial charge on any atom is 0.229 e. The molecule has 1 aliphatic heterocycles. The molecule has 0 aromatic carbocycles. The first-order chi connectivity index (χ1) is 12.7. The average Bonchev–Trinajstić information content (AvgIpc) is 2.84. The van der Waals surface area contributed by atoms with E-state index in [0.29, 0.717) is 36.5 Å². The van der Waals surface area contributed by atoms with E-state index in [-0.39, 0.29) is 0 Å². The van der Waals surface area contributed by atoms with Crippen LogP contribution in [0.15, 0.2) is 35.5 Å². The summed E-state index contributed by atoms with van der Waals surface area (Å²) in [6.45, 7) is 3.59. The molecule has 0 atom stereocenters. The lowest BCUT2D eigenvalue weighted by Crippen LogP contribution is -2.15. The van der Waals surface area contributed by atoms with Crippen molar-refractivity contribution in [3.8, 4) is 11.8 Å². The number of hydrogen-bond acceptors (Lipinski definition) is 8. The van der Waals surface area contributed by atoms with Crippen molar-refractivity contribution in [1.82, 2.24) is 15.3 Å². The molecule has 0 bridgehead atoms. The van der Waals surface area contributed by atoms with E-state index in [2.05, 4.69) is 20.0 Å². The van der Waals surface area contributed by atoms with E-state index in [1.807, 2.05) is 13.0 Å². The Kier molecular flexibility index (Phi) is 6.19. The summed E-state index contributed by atoms with van der Waals surface area (Å²) in [5, 5.41) is 11.1. The van der Waals surface area contributed by atoms with Crippen LogP contribution in [0, 0.1) is 5.41 Å². The number of pyridine rings is 2. The summed E-state index contributed by atoms with van der Waals surface area (Å²) in [5.74, 6) is 1.06. The van der Waals surface area contributed by atoms with Gasteiger partial charge in [0.1, 0.15) is 6.61 Å². The number of ether oxygens (including phenoxy) is 2. The summed E-state index contributed by atoms with van der Waals surface area (Å²) in [6.07, 6.45) is 6.16. The van der Waals surface area contributed by atoms with Gasteiger partial charge in [-0.05, 0) is 37.1 Å². The molecular formula is C17H18ClN5O2S. The van der Waals surface area contributed by atoms with Crippen LogP contribution in [0.1, 0.15) is 12.5 Å². The first kappa shape index (κ1) is 18.3. The number of allylic oxidation sites excluding steroid dienone is 1. The van der Waals surface area contributed by atoms with Crippen LogP contribution >= 0.6 is 23.5 Å². The van der Waals surface area contributed by atoms with Crippen molar-refractivity contribution >= 4 is 41.1 Å². The molecule has 0 spiro atoms. The van der Waals surface area contributed by atoms with Crippen LogP contribution in [0.2, 0.25) is 5.02 Å². The van der Waals surface area contributed by atoms with Gasteiger partial charge in [0.2, 0.25) is 11.8 Å². The highest BCUT2D eigenvalue weighted by Gasteiger charge is 2.16. The molecule has 136 valence electrons. The zero-order valence-electron chi connectivity index (χ0n) is 14.1. The maximum absolute atomic E-state index is 7.33. The molecule has 0 unspecified atom stereocenters. The Bertz CT molecular complexity index is 831. The minimum absolute atomic E-state index is 0.517. The van der Waals surface area contributed by atoms with Gasteiger partial charge in [0.25, 0.3) is 0 Å². The zero-order valence-corrected chi connectivity index (χ0v) is 15.7. The van der Waals surface area contributed by atoms with Crippen molar-refractivity contribution in [3.63, 3.8) is 0 Å². The normalized spacial score (nSPS) is 14.6. The Labute approximate surface area is 160 Å². The Hall–Kier alpha value is -2.45. The van der Waals surface area contributed by atoms with E-state index in [0.717, 1.165) is 21.8 Å². The van der Waals surface area contributed by atoms with Gasteiger partial charge in [-0.1, -0.05) is 11.6 Å². The first-order valence-electron chi connectivity index (χ1n) is 8.00. The molecule has 7 nitrogen and oxygen atoms in total. The van der Waals surface area contributed by atoms with Gasteiger partial charge >= 0.3 is 0 Å². The summed E-state index contributed by atoms with van der Waals surface area (Å²) < 4.78 is 14.4. The van der Waals surface area contributed by atoms with E-state index < -0.39 is 0 Å². The van der Waals surface area contributed by atoms with E-state index in [4.69, 9.17) is 26.5 Å². The maximum atomic E-state index is 7.33. The highest BCUT2D eigenvalue weighted by Crippen LogP contribution is 2.33. The summed E-state index contributed by atoms with van der Waals surface area (Å²) in [5.41, 5.74) is 2.37. The number of hydrogen-bond donors (Lipinski definition) is 3. The van der Waals surface area contributed by atoms with E-state index in [1.165, 1.54) is 18.2 Å². The molecule has 2 aromatic rings. The van der Waals surface area contributed by atoms with Crippen LogP contribution in [-0.4, -0.2) is 35.9 Å². The molecule has 0 saturated carbocycles. The highest BCUT2D eigenvalue weighted by atomic mass is 35.5. The predicted octanol–water partition coefficient (Wildman–Crippen LogP) is 3.62. The second-order valence-corrected chi connectivity index (χ2v) is 6.48. The standard InChI is InChI=1S/C17H18ClN5O2S/c1-2-24-17-15(7-11(18)9-21-17)26-23-12-8-13-14(3-4-19)20-5-6-25-16(13)22-10-12/h3-4,7-10,19-20,23H,2,5-6H2,1H3/b14-3-,19-4?. The van der Waals surface area contributed by atoms with Gasteiger partial charge in [0, 0.05) is 24.7 Å². The summed E-state index contributed by atoms with van der Waals surface area (Å²) >= 11 is 7.38. The Morgan fingerprint density at radius 1 is 1.42 bits per heavy atom. The lowest BCUT2D eigenvalue weighted by atomic mass is 10.2. The van der Waals surface area contributed by atoms with Crippen molar-refractivity contribution in [2.45, 2.75) is 11.8 Å². The molecule has 0 aliphatic carbocycles. The topological polar surface area (TPSA) is 92.2 Å². The van der Waals surface area contributed by atoms with E-state index in [9.17, 15) is 0 Å². The second-order valence-electron chi connectivity index (χ2n) is 5.19. The van der Waals surface area contributed by atoms with Crippen LogP contribution in [-0.2, 0) is 0 Å². The fourth-order valence-corrected chi connectivity index (χ4v) is 3.26.